The molecule has 0 saturated carbocycles. The summed E-state index contributed by atoms with van der Waals surface area (Å²) in [5.74, 6) is 0. The van der Waals surface area contributed by atoms with E-state index in [2.05, 4.69) is 79.6 Å². The van der Waals surface area contributed by atoms with Crippen LogP contribution in [0.1, 0.15) is 36.4 Å². The Morgan fingerprint density at radius 2 is 1.88 bits per heavy atom. The highest BCUT2D eigenvalue weighted by molar-refractivity contribution is 5.81. The van der Waals surface area contributed by atoms with Gasteiger partial charge >= 0.3 is 0 Å². The monoisotopic (exact) mass is 319 g/mol. The SMILES string of the molecule is C=CCOC(c1ccc(C)cc1)n1c(CCC)cc2ccccc21. The van der Waals surface area contributed by atoms with Gasteiger partial charge in [-0.15, -0.1) is 6.58 Å². The maximum Gasteiger partial charge on any atom is 0.160 e. The molecule has 124 valence electrons. The maximum absolute atomic E-state index is 6.20. The van der Waals surface area contributed by atoms with Crippen LogP contribution >= 0.6 is 0 Å². The van der Waals surface area contributed by atoms with Crippen molar-refractivity contribution in [1.82, 2.24) is 4.57 Å². The van der Waals surface area contributed by atoms with Crippen molar-refractivity contribution in [3.8, 4) is 0 Å². The molecule has 0 radical (unpaired) electrons. The van der Waals surface area contributed by atoms with E-state index in [4.69, 9.17) is 4.74 Å². The van der Waals surface area contributed by atoms with Crippen LogP contribution in [0.15, 0.2) is 67.3 Å². The van der Waals surface area contributed by atoms with E-state index in [9.17, 15) is 0 Å². The van der Waals surface area contributed by atoms with Gasteiger partial charge in [0.25, 0.3) is 0 Å². The van der Waals surface area contributed by atoms with E-state index >= 15 is 0 Å². The Morgan fingerprint density at radius 3 is 2.58 bits per heavy atom. The number of hydrogen-bond donors (Lipinski definition) is 0. The summed E-state index contributed by atoms with van der Waals surface area (Å²) < 4.78 is 8.54. The largest absolute Gasteiger partial charge is 0.350 e. The number of nitrogens with zero attached hydrogens (tertiary/aromatic N) is 1. The zero-order chi connectivity index (χ0) is 16.9. The highest BCUT2D eigenvalue weighted by atomic mass is 16.5. The number of ether oxygens (including phenoxy) is 1. The standard InChI is InChI=1S/C22H25NO/c1-4-8-20-16-19-9-6-7-10-21(19)23(20)22(24-15-5-2)18-13-11-17(3)12-14-18/h5-7,9-14,16,22H,2,4,8,15H2,1,3H3. The van der Waals surface area contributed by atoms with Crippen molar-refractivity contribution in [2.75, 3.05) is 6.61 Å². The quantitative estimate of drug-likeness (QED) is 0.513. The molecule has 0 spiro atoms. The van der Waals surface area contributed by atoms with Gasteiger partial charge in [-0.05, 0) is 30.9 Å². The number of aromatic nitrogens is 1. The Kier molecular flexibility index (Phi) is 5.17. The fraction of sp³-hybridized carbons (Fsp3) is 0.273. The van der Waals surface area contributed by atoms with Crippen LogP contribution in [-0.2, 0) is 11.2 Å². The summed E-state index contributed by atoms with van der Waals surface area (Å²) in [7, 11) is 0. The van der Waals surface area contributed by atoms with Crippen LogP contribution in [0.5, 0.6) is 0 Å². The molecule has 3 aromatic rings. The first-order chi connectivity index (χ1) is 11.7. The van der Waals surface area contributed by atoms with Crippen molar-refractivity contribution in [2.45, 2.75) is 32.9 Å². The molecule has 0 amide bonds. The lowest BCUT2D eigenvalue weighted by atomic mass is 10.1. The number of fused-ring (bicyclic) bond motifs is 1. The predicted molar refractivity (Wildman–Crippen MR) is 101 cm³/mol. The van der Waals surface area contributed by atoms with Gasteiger partial charge in [-0.2, -0.15) is 0 Å². The number of hydrogen-bond acceptors (Lipinski definition) is 1. The van der Waals surface area contributed by atoms with Gasteiger partial charge in [-0.1, -0.05) is 67.4 Å². The van der Waals surface area contributed by atoms with Crippen LogP contribution < -0.4 is 0 Å². The average Bonchev–Trinajstić information content (AvgIpc) is 2.95. The molecule has 3 rings (SSSR count). The fourth-order valence-electron chi connectivity index (χ4n) is 3.17. The van der Waals surface area contributed by atoms with Gasteiger partial charge in [0.1, 0.15) is 0 Å². The molecule has 1 unspecified atom stereocenters. The molecule has 2 heteroatoms. The van der Waals surface area contributed by atoms with E-state index in [1.54, 1.807) is 0 Å². The second-order valence-electron chi connectivity index (χ2n) is 6.20. The van der Waals surface area contributed by atoms with Crippen molar-refractivity contribution in [3.63, 3.8) is 0 Å². The van der Waals surface area contributed by atoms with E-state index in [-0.39, 0.29) is 6.23 Å². The Hall–Kier alpha value is -2.32. The molecule has 24 heavy (non-hydrogen) atoms. The van der Waals surface area contributed by atoms with Crippen molar-refractivity contribution in [2.24, 2.45) is 0 Å². The summed E-state index contributed by atoms with van der Waals surface area (Å²) in [6, 6.07) is 19.4. The Balaban J connectivity index is 2.15. The molecular formula is C22H25NO. The predicted octanol–water partition coefficient (Wildman–Crippen LogP) is 5.65. The van der Waals surface area contributed by atoms with Crippen LogP contribution in [-0.4, -0.2) is 11.2 Å². The van der Waals surface area contributed by atoms with Crippen molar-refractivity contribution < 1.29 is 4.74 Å². The van der Waals surface area contributed by atoms with Gasteiger partial charge < -0.3 is 9.30 Å². The first kappa shape index (κ1) is 16.5. The summed E-state index contributed by atoms with van der Waals surface area (Å²) in [5, 5.41) is 1.26. The van der Waals surface area contributed by atoms with Crippen LogP contribution in [0.25, 0.3) is 10.9 Å². The highest BCUT2D eigenvalue weighted by Crippen LogP contribution is 2.30. The zero-order valence-electron chi connectivity index (χ0n) is 14.5. The van der Waals surface area contributed by atoms with Gasteiger partial charge in [0.15, 0.2) is 6.23 Å². The fourth-order valence-corrected chi connectivity index (χ4v) is 3.17. The van der Waals surface area contributed by atoms with Gasteiger partial charge in [-0.25, -0.2) is 0 Å². The molecule has 2 aromatic carbocycles. The van der Waals surface area contributed by atoms with Crippen LogP contribution in [0.4, 0.5) is 0 Å². The van der Waals surface area contributed by atoms with Gasteiger partial charge in [-0.3, -0.25) is 0 Å². The lowest BCUT2D eigenvalue weighted by Crippen LogP contribution is -2.17. The minimum absolute atomic E-state index is 0.134. The molecule has 0 bridgehead atoms. The zero-order valence-corrected chi connectivity index (χ0v) is 14.5. The number of aryl methyl sites for hydroxylation is 2. The van der Waals surface area contributed by atoms with Crippen LogP contribution in [0.2, 0.25) is 0 Å². The molecular weight excluding hydrogens is 294 g/mol. The van der Waals surface area contributed by atoms with E-state index in [1.807, 2.05) is 6.08 Å². The molecule has 0 saturated heterocycles. The maximum atomic E-state index is 6.20. The Morgan fingerprint density at radius 1 is 1.12 bits per heavy atom. The van der Waals surface area contributed by atoms with E-state index < -0.39 is 0 Å². The van der Waals surface area contributed by atoms with E-state index in [1.165, 1.54) is 27.7 Å². The van der Waals surface area contributed by atoms with Crippen molar-refractivity contribution >= 4 is 10.9 Å². The topological polar surface area (TPSA) is 14.2 Å². The molecule has 2 nitrogen and oxygen atoms in total. The third-order valence-corrected chi connectivity index (χ3v) is 4.30. The lowest BCUT2D eigenvalue weighted by Gasteiger charge is -2.23. The first-order valence-corrected chi connectivity index (χ1v) is 8.62. The third kappa shape index (κ3) is 3.29. The Labute approximate surface area is 144 Å². The summed E-state index contributed by atoms with van der Waals surface area (Å²) >= 11 is 0. The van der Waals surface area contributed by atoms with Crippen molar-refractivity contribution in [1.29, 1.82) is 0 Å². The molecule has 0 aliphatic heterocycles. The van der Waals surface area contributed by atoms with Gasteiger partial charge in [0.2, 0.25) is 0 Å². The van der Waals surface area contributed by atoms with Gasteiger partial charge in [0, 0.05) is 11.3 Å². The normalized spacial score (nSPS) is 12.4. The third-order valence-electron chi connectivity index (χ3n) is 4.30. The summed E-state index contributed by atoms with van der Waals surface area (Å²) in [6.07, 6.45) is 3.82. The smallest absolute Gasteiger partial charge is 0.160 e. The summed E-state index contributed by atoms with van der Waals surface area (Å²) in [4.78, 5) is 0. The van der Waals surface area contributed by atoms with E-state index in [0.29, 0.717) is 6.61 Å². The molecule has 0 aliphatic carbocycles. The molecule has 1 heterocycles. The number of rotatable bonds is 7. The van der Waals surface area contributed by atoms with Crippen LogP contribution in [0.3, 0.4) is 0 Å². The van der Waals surface area contributed by atoms with Crippen LogP contribution in [0, 0.1) is 6.92 Å². The first-order valence-electron chi connectivity index (χ1n) is 8.62. The molecule has 0 N–H and O–H groups in total. The molecule has 1 aromatic heterocycles. The second-order valence-corrected chi connectivity index (χ2v) is 6.20. The minimum Gasteiger partial charge on any atom is -0.350 e. The molecule has 0 aliphatic rings. The molecule has 1 atom stereocenters. The highest BCUT2D eigenvalue weighted by Gasteiger charge is 2.19. The lowest BCUT2D eigenvalue weighted by molar-refractivity contribution is 0.0532. The second kappa shape index (κ2) is 7.50. The van der Waals surface area contributed by atoms with Crippen molar-refractivity contribution in [3.05, 3.63) is 84.1 Å². The molecule has 0 fully saturated rings. The minimum atomic E-state index is -0.134. The average molecular weight is 319 g/mol. The number of para-hydroxylation sites is 1. The summed E-state index contributed by atoms with van der Waals surface area (Å²) in [5.41, 5.74) is 4.96. The number of benzene rings is 2. The Bertz CT molecular complexity index is 814. The summed E-state index contributed by atoms with van der Waals surface area (Å²) in [6.45, 7) is 8.66. The van der Waals surface area contributed by atoms with Gasteiger partial charge in [0.05, 0.1) is 12.1 Å². The van der Waals surface area contributed by atoms with E-state index in [0.717, 1.165) is 12.8 Å².